The Morgan fingerprint density at radius 3 is 1.67 bits per heavy atom. The minimum Gasteiger partial charge on any atom is -0.394 e. The zero-order chi connectivity index (χ0) is 32.7. The lowest BCUT2D eigenvalue weighted by molar-refractivity contribution is -0.164. The van der Waals surface area contributed by atoms with Crippen molar-refractivity contribution >= 4 is 56.6 Å². The van der Waals surface area contributed by atoms with Crippen LogP contribution in [0.4, 0.5) is 4.70 Å². The molecule has 4 aliphatic heterocycles. The number of hydrogen-bond donors (Lipinski definition) is 8. The molecule has 0 bridgehead atoms. The van der Waals surface area contributed by atoms with Gasteiger partial charge in [-0.2, -0.15) is 0 Å². The van der Waals surface area contributed by atoms with Crippen molar-refractivity contribution in [3.63, 3.8) is 0 Å². The van der Waals surface area contributed by atoms with Crippen LogP contribution in [-0.2, 0) is 9.47 Å². The van der Waals surface area contributed by atoms with Gasteiger partial charge < -0.3 is 51.2 Å². The van der Waals surface area contributed by atoms with Crippen LogP contribution in [0.25, 0.3) is 0 Å². The number of thioether (sulfide) groups is 2. The number of ether oxygens (including phenoxy) is 2. The van der Waals surface area contributed by atoms with Gasteiger partial charge in [0.15, 0.2) is 10.3 Å². The molecule has 252 valence electrons. The number of rotatable bonds is 4. The molecule has 2 fully saturated rings. The first kappa shape index (κ1) is 37.8. The van der Waals surface area contributed by atoms with E-state index in [9.17, 15) is 30.0 Å². The third kappa shape index (κ3) is 9.23. The summed E-state index contributed by atoms with van der Waals surface area (Å²) in [6, 6.07) is 16.2. The maximum Gasteiger partial charge on any atom is 0.257 e. The van der Waals surface area contributed by atoms with E-state index in [2.05, 4.69) is 15.3 Å². The number of halogens is 2. The fourth-order valence-corrected chi connectivity index (χ4v) is 6.79. The van der Waals surface area contributed by atoms with Crippen molar-refractivity contribution in [1.29, 1.82) is 0 Å². The number of aliphatic hydroxyl groups is 6. The van der Waals surface area contributed by atoms with E-state index in [0.717, 1.165) is 11.8 Å². The zero-order valence-electron chi connectivity index (χ0n) is 23.9. The number of nitrogens with one attached hydrogen (secondary N) is 1. The topological polar surface area (TPSA) is 237 Å². The molecule has 10 atom stereocenters. The molecule has 9 N–H and O–H groups in total. The van der Waals surface area contributed by atoms with Crippen molar-refractivity contribution in [3.8, 4) is 0 Å². The summed E-state index contributed by atoms with van der Waals surface area (Å²) in [5.74, 6) is -0.306. The van der Waals surface area contributed by atoms with E-state index in [-0.39, 0.29) is 17.2 Å². The predicted molar refractivity (Wildman–Crippen MR) is 170 cm³/mol. The maximum absolute atomic E-state index is 12.1. The van der Waals surface area contributed by atoms with Gasteiger partial charge in [0.1, 0.15) is 59.6 Å². The Morgan fingerprint density at radius 2 is 1.22 bits per heavy atom. The van der Waals surface area contributed by atoms with E-state index in [1.165, 1.54) is 11.8 Å². The molecular weight excluding hydrogens is 671 g/mol. The van der Waals surface area contributed by atoms with Gasteiger partial charge >= 0.3 is 0 Å². The molecule has 4 heterocycles. The Bertz CT molecular complexity index is 1370. The third-order valence-corrected chi connectivity index (χ3v) is 9.20. The molecule has 0 unspecified atom stereocenters. The number of aliphatic imine (C=N–C) groups is 2. The van der Waals surface area contributed by atoms with Crippen LogP contribution >= 0.6 is 35.1 Å². The highest BCUT2D eigenvalue weighted by Gasteiger charge is 2.49. The van der Waals surface area contributed by atoms with Crippen LogP contribution < -0.4 is 11.1 Å². The van der Waals surface area contributed by atoms with Crippen LogP contribution in [0.2, 0.25) is 0 Å². The van der Waals surface area contributed by atoms with Gasteiger partial charge in [0.05, 0.1) is 13.2 Å². The van der Waals surface area contributed by atoms with E-state index in [0.29, 0.717) is 21.5 Å². The number of nitrogens with two attached hydrogens (primary N) is 1. The number of fused-ring (bicyclic) bond motifs is 2. The number of carbonyl (C=O) groups is 2. The van der Waals surface area contributed by atoms with Crippen molar-refractivity contribution in [2.45, 2.75) is 59.6 Å². The summed E-state index contributed by atoms with van der Waals surface area (Å²) >= 11 is 7.52. The molecule has 1 amide bonds. The van der Waals surface area contributed by atoms with E-state index < -0.39 is 71.4 Å². The Kier molecular flexibility index (Phi) is 14.3. The Hall–Kier alpha value is -2.68. The number of benzene rings is 2. The summed E-state index contributed by atoms with van der Waals surface area (Å²) in [6.45, 7) is -0.727. The number of aliphatic hydroxyl groups excluding tert-OH is 6. The standard InChI is InChI=1S/C14H16N2O5S.C7H5ClO.C7H12N2O4S.FH/c17-6-8-10(18)11(19)9-13(21-8)22-14(15-9)16-12(20)7-4-2-1-3-5-7;8-7(9)6-4-2-1-3-5-6;8-7-9-3-5(12)4(11)2(1-10)13-6(3)14-7;/h1-5,8-11,13,17-19H,6H2,(H,15,16,20);1-5H;2-6,10-12H,1H2,(H2,8,9);1H/t8-,9-,10-,11-,13-;;2-,3-,4-,5-,6-;/m1.1./s1. The SMILES string of the molecule is F.NC1=N[C@@H]2[C@@H](O)[C@H](O)[C@@H](CO)O[C@@H]2S1.O=C(Cl)c1ccccc1.O=C(NC1=N[C@@H]2[C@@H](O)[C@H](O)[C@@H](CO)O[C@@H]2S1)c1ccccc1. The van der Waals surface area contributed by atoms with Gasteiger partial charge in [-0.15, -0.1) is 0 Å². The largest absolute Gasteiger partial charge is 0.394 e. The fraction of sp³-hybridized carbons (Fsp3) is 0.429. The molecule has 0 aromatic heterocycles. The molecule has 4 aliphatic rings. The zero-order valence-corrected chi connectivity index (χ0v) is 26.2. The van der Waals surface area contributed by atoms with Crippen molar-refractivity contribution in [3.05, 3.63) is 71.8 Å². The highest BCUT2D eigenvalue weighted by atomic mass is 35.5. The van der Waals surface area contributed by atoms with E-state index in [1.54, 1.807) is 48.5 Å². The molecule has 2 aromatic rings. The van der Waals surface area contributed by atoms with Crippen molar-refractivity contribution in [2.75, 3.05) is 13.2 Å². The second-order valence-corrected chi connectivity index (χ2v) is 12.5. The Morgan fingerprint density at radius 1 is 0.761 bits per heavy atom. The molecule has 0 spiro atoms. The van der Waals surface area contributed by atoms with Gasteiger partial charge in [-0.05, 0) is 23.7 Å². The fourth-order valence-electron chi connectivity index (χ4n) is 4.57. The van der Waals surface area contributed by atoms with Gasteiger partial charge in [-0.1, -0.05) is 72.1 Å². The summed E-state index contributed by atoms with van der Waals surface area (Å²) in [5.41, 5.74) is 5.57. The van der Waals surface area contributed by atoms with Gasteiger partial charge in [-0.25, -0.2) is 0 Å². The van der Waals surface area contributed by atoms with Crippen LogP contribution in [0.15, 0.2) is 70.6 Å². The first-order chi connectivity index (χ1) is 21.5. The summed E-state index contributed by atoms with van der Waals surface area (Å²) in [7, 11) is 0. The molecule has 0 aliphatic carbocycles. The molecule has 2 saturated heterocycles. The van der Waals surface area contributed by atoms with E-state index >= 15 is 0 Å². The minimum atomic E-state index is -1.21. The van der Waals surface area contributed by atoms with E-state index in [4.69, 9.17) is 37.0 Å². The lowest BCUT2D eigenvalue weighted by Crippen LogP contribution is -2.55. The van der Waals surface area contributed by atoms with Gasteiger partial charge in [0.25, 0.3) is 11.1 Å². The second-order valence-electron chi connectivity index (χ2n) is 9.99. The van der Waals surface area contributed by atoms with Gasteiger partial charge in [0.2, 0.25) is 0 Å². The Labute approximate surface area is 276 Å². The lowest BCUT2D eigenvalue weighted by atomic mass is 9.99. The summed E-state index contributed by atoms with van der Waals surface area (Å²) in [4.78, 5) is 30.6. The molecule has 6 rings (SSSR count). The van der Waals surface area contributed by atoms with Crippen LogP contribution in [0, 0.1) is 0 Å². The minimum absolute atomic E-state index is 0. The average molecular weight is 705 g/mol. The molecule has 0 radical (unpaired) electrons. The Balaban J connectivity index is 0.000000205. The van der Waals surface area contributed by atoms with Crippen molar-refractivity contribution < 1.29 is 54.4 Å². The molecule has 18 heteroatoms. The summed E-state index contributed by atoms with van der Waals surface area (Å²) in [6.07, 6.45) is -6.12. The maximum atomic E-state index is 12.1. The highest BCUT2D eigenvalue weighted by Crippen LogP contribution is 2.36. The molecule has 0 saturated carbocycles. The number of amidine groups is 2. The van der Waals surface area contributed by atoms with Gasteiger partial charge in [0, 0.05) is 11.1 Å². The average Bonchev–Trinajstić information content (AvgIpc) is 3.64. The summed E-state index contributed by atoms with van der Waals surface area (Å²) < 4.78 is 10.8. The number of amides is 1. The second kappa shape index (κ2) is 17.5. The highest BCUT2D eigenvalue weighted by molar-refractivity contribution is 8.14. The lowest BCUT2D eigenvalue weighted by Gasteiger charge is -2.37. The summed E-state index contributed by atoms with van der Waals surface area (Å²) in [5, 5.41) is 60.0. The van der Waals surface area contributed by atoms with Crippen LogP contribution in [0.5, 0.6) is 0 Å². The molecular formula is C28H34ClFN4O10S2. The van der Waals surface area contributed by atoms with E-state index in [1.807, 2.05) is 12.1 Å². The van der Waals surface area contributed by atoms with Crippen molar-refractivity contribution in [1.82, 2.24) is 5.32 Å². The first-order valence-electron chi connectivity index (χ1n) is 13.6. The van der Waals surface area contributed by atoms with Crippen molar-refractivity contribution in [2.24, 2.45) is 15.7 Å². The third-order valence-electron chi connectivity index (χ3n) is 6.96. The quantitative estimate of drug-likeness (QED) is 0.186. The van der Waals surface area contributed by atoms with Crippen LogP contribution in [-0.4, -0.2) is 125 Å². The number of nitrogens with zero attached hydrogens (tertiary/aromatic N) is 2. The first-order valence-corrected chi connectivity index (χ1v) is 15.8. The smallest absolute Gasteiger partial charge is 0.257 e. The number of hydrogen-bond acceptors (Lipinski definition) is 15. The normalized spacial score (nSPS) is 32.4. The number of carbonyl (C=O) groups excluding carboxylic acids is 2. The van der Waals surface area contributed by atoms with Crippen LogP contribution in [0.3, 0.4) is 0 Å². The molecule has 2 aromatic carbocycles. The predicted octanol–water partition coefficient (Wildman–Crippen LogP) is -0.600. The monoisotopic (exact) mass is 704 g/mol. The van der Waals surface area contributed by atoms with Crippen LogP contribution in [0.1, 0.15) is 20.7 Å². The van der Waals surface area contributed by atoms with Gasteiger partial charge in [-0.3, -0.25) is 24.3 Å². The molecule has 14 nitrogen and oxygen atoms in total. The molecule has 46 heavy (non-hydrogen) atoms.